The van der Waals surface area contributed by atoms with Gasteiger partial charge in [-0.2, -0.15) is 0 Å². The first-order valence-electron chi connectivity index (χ1n) is 6.13. The highest BCUT2D eigenvalue weighted by molar-refractivity contribution is 6.69. The summed E-state index contributed by atoms with van der Waals surface area (Å²) in [7, 11) is -0.0763. The molecule has 0 heterocycles. The van der Waals surface area contributed by atoms with Crippen LogP contribution < -0.4 is 4.74 Å². The second-order valence-corrected chi connectivity index (χ2v) is 9.83. The highest BCUT2D eigenvalue weighted by Gasteiger charge is 2.25. The second kappa shape index (κ2) is 6.16. The van der Waals surface area contributed by atoms with Crippen molar-refractivity contribution in [1.82, 2.24) is 0 Å². The van der Waals surface area contributed by atoms with Crippen molar-refractivity contribution < 1.29 is 14.0 Å². The Morgan fingerprint density at radius 1 is 1.28 bits per heavy atom. The summed E-state index contributed by atoms with van der Waals surface area (Å²) in [6.45, 7) is 7.96. The Hall–Kier alpha value is -1.13. The summed E-state index contributed by atoms with van der Waals surface area (Å²) in [5.41, 5.74) is 0.956. The van der Waals surface area contributed by atoms with Gasteiger partial charge in [0.15, 0.2) is 8.32 Å². The van der Waals surface area contributed by atoms with Crippen molar-refractivity contribution in [3.8, 4) is 5.75 Å². The Labute approximate surface area is 110 Å². The maximum absolute atomic E-state index is 11.4. The van der Waals surface area contributed by atoms with Crippen molar-refractivity contribution in [2.24, 2.45) is 0 Å². The number of ketones is 1. The summed E-state index contributed by atoms with van der Waals surface area (Å²) in [5, 5.41) is 0. The molecule has 18 heavy (non-hydrogen) atoms. The number of benzene rings is 1. The lowest BCUT2D eigenvalue weighted by Gasteiger charge is -2.27. The van der Waals surface area contributed by atoms with E-state index in [0.29, 0.717) is 6.42 Å². The molecule has 4 heteroatoms. The molecule has 1 rings (SSSR count). The van der Waals surface area contributed by atoms with Crippen molar-refractivity contribution in [3.05, 3.63) is 29.8 Å². The van der Waals surface area contributed by atoms with E-state index in [1.807, 2.05) is 24.3 Å². The number of hydrogen-bond donors (Lipinski definition) is 0. The molecule has 0 amide bonds. The normalized spacial score (nSPS) is 13.2. The largest absolute Gasteiger partial charge is 0.496 e. The third kappa shape index (κ3) is 4.62. The smallest absolute Gasteiger partial charge is 0.184 e. The van der Waals surface area contributed by atoms with Crippen LogP contribution in [0.25, 0.3) is 0 Å². The predicted octanol–water partition coefficient (Wildman–Crippen LogP) is 3.57. The van der Waals surface area contributed by atoms with E-state index in [9.17, 15) is 4.79 Å². The molecule has 0 aliphatic rings. The van der Waals surface area contributed by atoms with Gasteiger partial charge in [-0.25, -0.2) is 0 Å². The Kier molecular flexibility index (Phi) is 5.11. The molecule has 1 aromatic carbocycles. The molecule has 0 fully saturated rings. The number of Topliss-reactive ketones (excluding diaryl/α,β-unsaturated/α-hetero) is 1. The van der Waals surface area contributed by atoms with Crippen molar-refractivity contribution in [1.29, 1.82) is 0 Å². The zero-order valence-corrected chi connectivity index (χ0v) is 12.8. The molecule has 0 aromatic heterocycles. The van der Waals surface area contributed by atoms with Gasteiger partial charge in [0, 0.05) is 12.0 Å². The molecule has 0 saturated heterocycles. The molecule has 100 valence electrons. The summed E-state index contributed by atoms with van der Waals surface area (Å²) < 4.78 is 11.5. The van der Waals surface area contributed by atoms with E-state index in [2.05, 4.69) is 19.6 Å². The van der Waals surface area contributed by atoms with Crippen LogP contribution >= 0.6 is 0 Å². The topological polar surface area (TPSA) is 35.5 Å². The summed E-state index contributed by atoms with van der Waals surface area (Å²) in [6.07, 6.45) is 0.190. The third-order valence-corrected chi connectivity index (χ3v) is 3.45. The van der Waals surface area contributed by atoms with Crippen molar-refractivity contribution >= 4 is 14.1 Å². The first kappa shape index (κ1) is 14.9. The van der Waals surface area contributed by atoms with Crippen LogP contribution in [0, 0.1) is 0 Å². The molecule has 0 aliphatic carbocycles. The molecule has 0 N–H and O–H groups in total. The minimum absolute atomic E-state index is 0.129. The summed E-state index contributed by atoms with van der Waals surface area (Å²) in [4.78, 5) is 11.4. The van der Waals surface area contributed by atoms with Crippen molar-refractivity contribution in [2.75, 3.05) is 7.11 Å². The molecular formula is C14H22O3Si. The van der Waals surface area contributed by atoms with Crippen LogP contribution in [0.1, 0.15) is 25.0 Å². The number of rotatable bonds is 6. The highest BCUT2D eigenvalue weighted by Crippen LogP contribution is 2.32. The highest BCUT2D eigenvalue weighted by atomic mass is 28.4. The van der Waals surface area contributed by atoms with Gasteiger partial charge in [-0.05, 0) is 32.6 Å². The van der Waals surface area contributed by atoms with E-state index < -0.39 is 8.32 Å². The number of carbonyl (C=O) groups excluding carboxylic acids is 1. The number of ether oxygens (including phenoxy) is 1. The molecule has 0 unspecified atom stereocenters. The molecule has 1 aromatic rings. The molecular weight excluding hydrogens is 244 g/mol. The first-order valence-corrected chi connectivity index (χ1v) is 9.54. The van der Waals surface area contributed by atoms with E-state index in [0.717, 1.165) is 11.3 Å². The van der Waals surface area contributed by atoms with E-state index in [4.69, 9.17) is 9.16 Å². The van der Waals surface area contributed by atoms with E-state index in [-0.39, 0.29) is 11.9 Å². The molecule has 0 spiro atoms. The average Bonchev–Trinajstić information content (AvgIpc) is 2.25. The second-order valence-electron chi connectivity index (χ2n) is 5.37. The monoisotopic (exact) mass is 266 g/mol. The molecule has 3 nitrogen and oxygen atoms in total. The molecule has 0 aliphatic heterocycles. The van der Waals surface area contributed by atoms with Gasteiger partial charge < -0.3 is 9.16 Å². The Morgan fingerprint density at radius 3 is 2.39 bits per heavy atom. The van der Waals surface area contributed by atoms with Gasteiger partial charge in [0.2, 0.25) is 0 Å². The van der Waals surface area contributed by atoms with Crippen molar-refractivity contribution in [3.63, 3.8) is 0 Å². The summed E-state index contributed by atoms with van der Waals surface area (Å²) >= 11 is 0. The lowest BCUT2D eigenvalue weighted by molar-refractivity contribution is -0.118. The van der Waals surface area contributed by atoms with Gasteiger partial charge in [-0.3, -0.25) is 4.79 Å². The van der Waals surface area contributed by atoms with Gasteiger partial charge in [0.05, 0.1) is 13.2 Å². The number of carbonyl (C=O) groups is 1. The van der Waals surface area contributed by atoms with Gasteiger partial charge in [0.1, 0.15) is 11.5 Å². The maximum atomic E-state index is 11.4. The van der Waals surface area contributed by atoms with E-state index in [1.54, 1.807) is 14.0 Å². The summed E-state index contributed by atoms with van der Waals surface area (Å²) in [5.74, 6) is 0.908. The number of hydrogen-bond acceptors (Lipinski definition) is 3. The average molecular weight is 266 g/mol. The minimum Gasteiger partial charge on any atom is -0.496 e. The lowest BCUT2D eigenvalue weighted by atomic mass is 10.0. The molecule has 0 bridgehead atoms. The van der Waals surface area contributed by atoms with Gasteiger partial charge in [-0.15, -0.1) is 0 Å². The predicted molar refractivity (Wildman–Crippen MR) is 75.5 cm³/mol. The maximum Gasteiger partial charge on any atom is 0.184 e. The fourth-order valence-corrected chi connectivity index (χ4v) is 2.90. The Morgan fingerprint density at radius 2 is 1.89 bits per heavy atom. The third-order valence-electron chi connectivity index (χ3n) is 2.45. The first-order chi connectivity index (χ1) is 8.33. The minimum atomic E-state index is -1.71. The van der Waals surface area contributed by atoms with Gasteiger partial charge in [-0.1, -0.05) is 18.2 Å². The lowest BCUT2D eigenvalue weighted by Crippen LogP contribution is -2.29. The Balaban J connectivity index is 3.04. The zero-order valence-electron chi connectivity index (χ0n) is 11.8. The van der Waals surface area contributed by atoms with Crippen LogP contribution in [0.2, 0.25) is 19.6 Å². The van der Waals surface area contributed by atoms with Crippen LogP contribution in [0.3, 0.4) is 0 Å². The summed E-state index contributed by atoms with van der Waals surface area (Å²) in [6, 6.07) is 7.73. The van der Waals surface area contributed by atoms with Gasteiger partial charge in [0.25, 0.3) is 0 Å². The molecule has 0 saturated carbocycles. The number of para-hydroxylation sites is 1. The Bertz CT molecular complexity index is 410. The molecule has 0 radical (unpaired) electrons. The standard InChI is InChI=1S/C14H22O3Si/c1-11(15)10-14(17-18(3,4)5)12-8-6-7-9-13(12)16-2/h6-9,14H,10H2,1-5H3/t14-/m0/s1. The zero-order chi connectivity index (χ0) is 13.8. The van der Waals surface area contributed by atoms with Crippen LogP contribution in [0.4, 0.5) is 0 Å². The SMILES string of the molecule is COc1ccccc1[C@H](CC(C)=O)O[Si](C)(C)C. The fraction of sp³-hybridized carbons (Fsp3) is 0.500. The van der Waals surface area contributed by atoms with Gasteiger partial charge >= 0.3 is 0 Å². The van der Waals surface area contributed by atoms with Crippen LogP contribution in [-0.2, 0) is 9.22 Å². The quantitative estimate of drug-likeness (QED) is 0.738. The van der Waals surface area contributed by atoms with Crippen LogP contribution in [0.15, 0.2) is 24.3 Å². The van der Waals surface area contributed by atoms with Crippen LogP contribution in [-0.4, -0.2) is 21.2 Å². The number of methoxy groups -OCH3 is 1. The fourth-order valence-electron chi connectivity index (χ4n) is 1.84. The molecule has 1 atom stereocenters. The van der Waals surface area contributed by atoms with E-state index >= 15 is 0 Å². The van der Waals surface area contributed by atoms with E-state index in [1.165, 1.54) is 0 Å². The van der Waals surface area contributed by atoms with Crippen molar-refractivity contribution in [2.45, 2.75) is 39.1 Å². The van der Waals surface area contributed by atoms with Crippen LogP contribution in [0.5, 0.6) is 5.75 Å².